The molecule has 0 bridgehead atoms. The summed E-state index contributed by atoms with van der Waals surface area (Å²) in [4.78, 5) is 3.25. The van der Waals surface area contributed by atoms with Crippen molar-refractivity contribution in [2.45, 2.75) is 119 Å². The molecule has 5 fully saturated rings. The Labute approximate surface area is 246 Å². The molecule has 5 aliphatic carbocycles. The molecule has 36 heavy (non-hydrogen) atoms. The largest absolute Gasteiger partial charge is 0.327 e. The van der Waals surface area contributed by atoms with Crippen LogP contribution in [0.4, 0.5) is 0 Å². The monoisotopic (exact) mass is 709 g/mol. The molecular weight excluding hydrogens is 660 g/mol. The number of hydrogen-bond acceptors (Lipinski definition) is 2. The summed E-state index contributed by atoms with van der Waals surface area (Å²) in [6.07, 6.45) is 25.4. The summed E-state index contributed by atoms with van der Waals surface area (Å²) in [7, 11) is -1.45. The molecule has 0 aromatic carbocycles. The summed E-state index contributed by atoms with van der Waals surface area (Å²) in [5.74, 6) is 8.12. The molecule has 0 saturated heterocycles. The van der Waals surface area contributed by atoms with Gasteiger partial charge in [0.25, 0.3) is 0 Å². The van der Waals surface area contributed by atoms with Crippen LogP contribution in [0.5, 0.6) is 0 Å². The zero-order valence-electron chi connectivity index (χ0n) is 23.2. The van der Waals surface area contributed by atoms with E-state index in [0.29, 0.717) is 0 Å². The van der Waals surface area contributed by atoms with Crippen molar-refractivity contribution in [2.75, 3.05) is 0 Å². The van der Waals surface area contributed by atoms with Crippen LogP contribution in [0.3, 0.4) is 0 Å². The predicted octanol–water partition coefficient (Wildman–Crippen LogP) is 9.96. The minimum atomic E-state index is -1.45. The van der Waals surface area contributed by atoms with Gasteiger partial charge in [0.15, 0.2) is 0 Å². The average molecular weight is 710 g/mol. The van der Waals surface area contributed by atoms with Crippen molar-refractivity contribution >= 4 is 31.6 Å². The van der Waals surface area contributed by atoms with Gasteiger partial charge < -0.3 is 6.42 Å². The minimum absolute atomic E-state index is 0. The molecule has 2 heterocycles. The van der Waals surface area contributed by atoms with Crippen LogP contribution in [0, 0.1) is 53.8 Å². The number of hydrogen-bond donors (Lipinski definition) is 0. The molecule has 2 aliphatic heterocycles. The van der Waals surface area contributed by atoms with Gasteiger partial charge in [0.1, 0.15) is 0 Å². The van der Waals surface area contributed by atoms with E-state index in [1.54, 1.807) is 61.2 Å². The first-order chi connectivity index (χ1) is 16.9. The Hall–Kier alpha value is 1.09. The van der Waals surface area contributed by atoms with Crippen LogP contribution in [-0.2, 0) is 21.1 Å². The van der Waals surface area contributed by atoms with Gasteiger partial charge in [-0.25, -0.2) is 0 Å². The van der Waals surface area contributed by atoms with E-state index in [9.17, 15) is 0 Å². The van der Waals surface area contributed by atoms with Crippen LogP contribution in [0.15, 0.2) is 22.0 Å². The van der Waals surface area contributed by atoms with Crippen molar-refractivity contribution in [3.05, 3.63) is 28.4 Å². The molecular formula is C32H49S2SiW-. The average Bonchev–Trinajstić information content (AvgIpc) is 3.59. The van der Waals surface area contributed by atoms with Crippen LogP contribution in [0.1, 0.15) is 84.5 Å². The molecule has 0 N–H and O–H groups in total. The summed E-state index contributed by atoms with van der Waals surface area (Å²) in [5.41, 5.74) is 1.96. The summed E-state index contributed by atoms with van der Waals surface area (Å²) in [6.45, 7) is 10.5. The fraction of sp³-hybridized carbons (Fsp3) is 0.844. The predicted molar refractivity (Wildman–Crippen MR) is 158 cm³/mol. The molecule has 5 saturated carbocycles. The topological polar surface area (TPSA) is 0 Å². The van der Waals surface area contributed by atoms with Gasteiger partial charge in [0, 0.05) is 39.6 Å². The summed E-state index contributed by atoms with van der Waals surface area (Å²) < 4.78 is 0. The second kappa shape index (κ2) is 10.5. The third kappa shape index (κ3) is 4.32. The molecule has 0 radical (unpaired) electrons. The van der Waals surface area contributed by atoms with Crippen molar-refractivity contribution in [2.24, 2.45) is 47.3 Å². The van der Waals surface area contributed by atoms with E-state index in [-0.39, 0.29) is 21.1 Å². The molecule has 0 aromatic rings. The Balaban J connectivity index is 0.00000240. The van der Waals surface area contributed by atoms with Crippen molar-refractivity contribution < 1.29 is 21.1 Å². The zero-order chi connectivity index (χ0) is 23.9. The summed E-state index contributed by atoms with van der Waals surface area (Å²) in [5, 5.41) is 1.77. The molecule has 11 atom stereocenters. The van der Waals surface area contributed by atoms with Gasteiger partial charge >= 0.3 is 0 Å². The van der Waals surface area contributed by atoms with E-state index < -0.39 is 8.07 Å². The van der Waals surface area contributed by atoms with Crippen molar-refractivity contribution in [1.29, 1.82) is 0 Å². The normalized spacial score (nSPS) is 49.9. The van der Waals surface area contributed by atoms with Gasteiger partial charge in [-0.2, -0.15) is 12.0 Å². The number of fused-ring (bicyclic) bond motifs is 5. The number of rotatable bonds is 3. The van der Waals surface area contributed by atoms with Gasteiger partial charge in [-0.3, -0.25) is 0 Å². The van der Waals surface area contributed by atoms with Crippen LogP contribution in [-0.4, -0.2) is 18.6 Å². The van der Waals surface area contributed by atoms with Gasteiger partial charge in [0.05, 0.1) is 0 Å². The zero-order valence-corrected chi connectivity index (χ0v) is 28.7. The maximum atomic E-state index is 2.98. The van der Waals surface area contributed by atoms with E-state index in [0.717, 1.165) is 68.9 Å². The van der Waals surface area contributed by atoms with Crippen LogP contribution in [0.25, 0.3) is 0 Å². The quantitative estimate of drug-likeness (QED) is 0.212. The summed E-state index contributed by atoms with van der Waals surface area (Å²) >= 11 is 4.58. The maximum Gasteiger partial charge on any atom is 0.0273 e. The molecule has 7 aliphatic rings. The molecule has 0 aromatic heterocycles. The van der Waals surface area contributed by atoms with Crippen LogP contribution in [0.2, 0.25) is 24.2 Å². The Kier molecular flexibility index (Phi) is 7.94. The molecule has 0 spiro atoms. The first-order valence-corrected chi connectivity index (χ1v) is 20.4. The number of thioether (sulfide) groups is 2. The van der Waals surface area contributed by atoms with Crippen LogP contribution >= 0.6 is 23.5 Å². The van der Waals surface area contributed by atoms with Crippen molar-refractivity contribution in [3.8, 4) is 0 Å². The second-order valence-electron chi connectivity index (χ2n) is 14.4. The minimum Gasteiger partial charge on any atom is -0.327 e. The van der Waals surface area contributed by atoms with E-state index in [1.807, 2.05) is 0 Å². The fourth-order valence-electron chi connectivity index (χ4n) is 11.5. The molecule has 200 valence electrons. The van der Waals surface area contributed by atoms with Gasteiger partial charge in [-0.1, -0.05) is 82.0 Å². The van der Waals surface area contributed by atoms with Gasteiger partial charge in [-0.15, -0.1) is 23.5 Å². The second-order valence-corrected chi connectivity index (χ2v) is 22.3. The smallest absolute Gasteiger partial charge is 0.0273 e. The van der Waals surface area contributed by atoms with Gasteiger partial charge in [0.2, 0.25) is 0 Å². The fourth-order valence-corrected chi connectivity index (χ4v) is 21.7. The summed E-state index contributed by atoms with van der Waals surface area (Å²) in [6, 6.07) is 0. The Morgan fingerprint density at radius 1 is 0.694 bits per heavy atom. The molecule has 7 rings (SSSR count). The SMILES string of the molecule is CC1=CC2C3C=C(C)SC3C([Si](C)(C)C3[CH-]CC4C(C5CCCC6CCCCC65)CCCC43)C2S1.[W]. The van der Waals surface area contributed by atoms with E-state index in [4.69, 9.17) is 0 Å². The first kappa shape index (κ1) is 27.3. The Bertz CT molecular complexity index is 863. The first-order valence-electron chi connectivity index (χ1n) is 15.5. The standard InChI is InChI=1S/C32H49S2Si.W/c1-19-17-27-28-18-20(2)34-31(28)32(30(27)33-19)35(3,4)29-16-15-25-24(13-8-14-26(25)29)23-12-7-10-21-9-5-6-11-22(21)23;/h16-18,21-32H,5-15H2,1-4H3;/q-1;. The third-order valence-corrected chi connectivity index (χ3v) is 20.7. The molecule has 0 nitrogen and oxygen atoms in total. The van der Waals surface area contributed by atoms with Gasteiger partial charge in [-0.05, 0) is 84.0 Å². The van der Waals surface area contributed by atoms with E-state index in [1.165, 1.54) is 19.3 Å². The maximum absolute atomic E-state index is 2.98. The molecule has 0 amide bonds. The third-order valence-electron chi connectivity index (χ3n) is 12.6. The molecule has 4 heteroatoms. The van der Waals surface area contributed by atoms with Crippen molar-refractivity contribution in [1.82, 2.24) is 0 Å². The number of allylic oxidation sites excluding steroid dienone is 4. The Morgan fingerprint density at radius 3 is 1.92 bits per heavy atom. The molecule has 11 unspecified atom stereocenters. The Morgan fingerprint density at radius 2 is 1.22 bits per heavy atom. The van der Waals surface area contributed by atoms with E-state index in [2.05, 4.69) is 69.0 Å². The van der Waals surface area contributed by atoms with E-state index >= 15 is 0 Å². The van der Waals surface area contributed by atoms with Crippen molar-refractivity contribution in [3.63, 3.8) is 0 Å². The van der Waals surface area contributed by atoms with Crippen LogP contribution < -0.4 is 0 Å².